The molecular weight excluding hydrogens is 408 g/mol. The third kappa shape index (κ3) is 3.93. The minimum Gasteiger partial charge on any atom is -0.408 e. The summed E-state index contributed by atoms with van der Waals surface area (Å²) in [7, 11) is 0. The van der Waals surface area contributed by atoms with Crippen molar-refractivity contribution < 1.29 is 4.42 Å². The first-order valence-corrected chi connectivity index (χ1v) is 9.33. The van der Waals surface area contributed by atoms with Gasteiger partial charge in [0.15, 0.2) is 5.58 Å². The lowest BCUT2D eigenvalue weighted by molar-refractivity contribution is 0.555. The summed E-state index contributed by atoms with van der Waals surface area (Å²) in [5.74, 6) is 0.0238. The highest BCUT2D eigenvalue weighted by Gasteiger charge is 2.08. The molecule has 0 atom stereocenters. The Hall–Kier alpha value is -2.93. The van der Waals surface area contributed by atoms with Crippen LogP contribution in [0.5, 0.6) is 0 Å². The number of nitrogens with zero attached hydrogens (tertiary/aromatic N) is 2. The lowest BCUT2D eigenvalue weighted by Crippen LogP contribution is -2.03. The van der Waals surface area contributed by atoms with Crippen molar-refractivity contribution in [3.8, 4) is 0 Å². The summed E-state index contributed by atoms with van der Waals surface area (Å²) in [5, 5.41) is 3.16. The molecule has 4 aromatic rings. The van der Waals surface area contributed by atoms with Gasteiger partial charge in [-0.05, 0) is 59.0 Å². The number of oxazole rings is 1. The Bertz CT molecular complexity index is 1170. The fraction of sp³-hybridized carbons (Fsp3) is 0.150. The second-order valence-electron chi connectivity index (χ2n) is 6.27. The van der Waals surface area contributed by atoms with E-state index in [1.165, 1.54) is 11.1 Å². The van der Waals surface area contributed by atoms with E-state index in [2.05, 4.69) is 61.3 Å². The molecule has 4 rings (SSSR count). The molecule has 0 saturated heterocycles. The number of nitrogens with one attached hydrogen (secondary N) is 2. The monoisotopic (exact) mass is 424 g/mol. The van der Waals surface area contributed by atoms with Crippen LogP contribution in [0.4, 0.5) is 11.6 Å². The summed E-state index contributed by atoms with van der Waals surface area (Å²) in [6.07, 6.45) is 3.45. The number of hydrogen-bond donors (Lipinski definition) is 2. The minimum atomic E-state index is -0.472. The second-order valence-corrected chi connectivity index (χ2v) is 7.12. The molecule has 0 fully saturated rings. The van der Waals surface area contributed by atoms with Gasteiger partial charge >= 0.3 is 5.76 Å². The average Bonchev–Trinajstić information content (AvgIpc) is 3.02. The summed E-state index contributed by atoms with van der Waals surface area (Å²) >= 11 is 3.54. The summed E-state index contributed by atoms with van der Waals surface area (Å²) in [5.41, 5.74) is 5.42. The molecule has 136 valence electrons. The quantitative estimate of drug-likeness (QED) is 0.492. The van der Waals surface area contributed by atoms with E-state index in [4.69, 9.17) is 4.42 Å². The molecular formula is C20H17BrN4O2. The standard InChI is InChI=1S/C20H17BrN4O2/c1-12-4-2-3-5-13(12)6-8-16-15(21)11-22-19(24-16)23-14-7-9-17-18(10-14)27-20(26)25-17/h2-5,7,9-11H,6,8H2,1H3,(H,25,26)(H,22,23,24). The highest BCUT2D eigenvalue weighted by atomic mass is 79.9. The molecule has 2 aromatic heterocycles. The van der Waals surface area contributed by atoms with Gasteiger partial charge in [-0.2, -0.15) is 0 Å². The summed E-state index contributed by atoms with van der Waals surface area (Å²) < 4.78 is 5.97. The highest BCUT2D eigenvalue weighted by Crippen LogP contribution is 2.22. The Kier molecular flexibility index (Phi) is 4.77. The molecule has 0 spiro atoms. The molecule has 6 nitrogen and oxygen atoms in total. The Morgan fingerprint density at radius 1 is 1.19 bits per heavy atom. The zero-order valence-corrected chi connectivity index (χ0v) is 16.2. The van der Waals surface area contributed by atoms with Gasteiger partial charge in [0.05, 0.1) is 15.7 Å². The first-order chi connectivity index (χ1) is 13.1. The third-order valence-corrected chi connectivity index (χ3v) is 5.05. The van der Waals surface area contributed by atoms with Crippen LogP contribution in [0, 0.1) is 6.92 Å². The summed E-state index contributed by atoms with van der Waals surface area (Å²) in [6, 6.07) is 13.7. The maximum Gasteiger partial charge on any atom is 0.417 e. The van der Waals surface area contributed by atoms with E-state index in [1.807, 2.05) is 12.1 Å². The molecule has 0 amide bonds. The number of aromatic amines is 1. The predicted octanol–water partition coefficient (Wildman–Crippen LogP) is 4.51. The van der Waals surface area contributed by atoms with E-state index in [0.29, 0.717) is 17.0 Å². The van der Waals surface area contributed by atoms with Crippen LogP contribution in [0.1, 0.15) is 16.8 Å². The number of anilines is 2. The molecule has 2 aromatic carbocycles. The molecule has 0 aliphatic carbocycles. The maximum absolute atomic E-state index is 11.3. The molecule has 0 bridgehead atoms. The Morgan fingerprint density at radius 3 is 2.89 bits per heavy atom. The minimum absolute atomic E-state index is 0.472. The fourth-order valence-electron chi connectivity index (χ4n) is 2.93. The number of aromatic nitrogens is 3. The van der Waals surface area contributed by atoms with Gasteiger partial charge < -0.3 is 9.73 Å². The smallest absolute Gasteiger partial charge is 0.408 e. The van der Waals surface area contributed by atoms with Gasteiger partial charge in [-0.1, -0.05) is 24.3 Å². The zero-order chi connectivity index (χ0) is 18.8. The maximum atomic E-state index is 11.3. The molecule has 2 N–H and O–H groups in total. The Balaban J connectivity index is 1.54. The Labute approximate surface area is 163 Å². The molecule has 0 unspecified atom stereocenters. The van der Waals surface area contributed by atoms with Crippen molar-refractivity contribution in [3.63, 3.8) is 0 Å². The lowest BCUT2D eigenvalue weighted by atomic mass is 10.0. The Morgan fingerprint density at radius 2 is 2.04 bits per heavy atom. The van der Waals surface area contributed by atoms with Gasteiger partial charge in [0.25, 0.3) is 0 Å². The van der Waals surface area contributed by atoms with Crippen molar-refractivity contribution in [2.75, 3.05) is 5.32 Å². The van der Waals surface area contributed by atoms with Gasteiger partial charge in [0.2, 0.25) is 5.95 Å². The van der Waals surface area contributed by atoms with Gasteiger partial charge in [-0.15, -0.1) is 0 Å². The topological polar surface area (TPSA) is 83.8 Å². The fourth-order valence-corrected chi connectivity index (χ4v) is 3.32. The van der Waals surface area contributed by atoms with Crippen molar-refractivity contribution in [3.05, 3.63) is 80.5 Å². The SMILES string of the molecule is Cc1ccccc1CCc1nc(Nc2ccc3[nH]c(=O)oc3c2)ncc1Br. The van der Waals surface area contributed by atoms with E-state index >= 15 is 0 Å². The number of hydrogen-bond acceptors (Lipinski definition) is 5. The highest BCUT2D eigenvalue weighted by molar-refractivity contribution is 9.10. The van der Waals surface area contributed by atoms with E-state index in [1.54, 1.807) is 18.3 Å². The van der Waals surface area contributed by atoms with E-state index in [0.717, 1.165) is 28.7 Å². The summed E-state index contributed by atoms with van der Waals surface area (Å²) in [6.45, 7) is 2.12. The van der Waals surface area contributed by atoms with Gasteiger partial charge in [0.1, 0.15) is 0 Å². The third-order valence-electron chi connectivity index (χ3n) is 4.39. The van der Waals surface area contributed by atoms with Crippen LogP contribution < -0.4 is 11.1 Å². The lowest BCUT2D eigenvalue weighted by Gasteiger charge is -2.09. The van der Waals surface area contributed by atoms with Gasteiger partial charge in [-0.3, -0.25) is 4.98 Å². The molecule has 0 radical (unpaired) electrons. The predicted molar refractivity (Wildman–Crippen MR) is 108 cm³/mol. The van der Waals surface area contributed by atoms with Crippen LogP contribution >= 0.6 is 15.9 Å². The molecule has 0 saturated carbocycles. The van der Waals surface area contributed by atoms with Crippen molar-refractivity contribution >= 4 is 38.7 Å². The molecule has 2 heterocycles. The van der Waals surface area contributed by atoms with Crippen LogP contribution in [0.2, 0.25) is 0 Å². The largest absolute Gasteiger partial charge is 0.417 e. The van der Waals surface area contributed by atoms with Gasteiger partial charge in [-0.25, -0.2) is 14.8 Å². The molecule has 7 heteroatoms. The number of halogens is 1. The summed E-state index contributed by atoms with van der Waals surface area (Å²) in [4.78, 5) is 22.8. The van der Waals surface area contributed by atoms with Crippen molar-refractivity contribution in [1.82, 2.24) is 15.0 Å². The first kappa shape index (κ1) is 17.5. The number of H-pyrrole nitrogens is 1. The van der Waals surface area contributed by atoms with Crippen LogP contribution in [0.25, 0.3) is 11.1 Å². The normalized spacial score (nSPS) is 11.0. The average molecular weight is 425 g/mol. The van der Waals surface area contributed by atoms with Crippen LogP contribution in [-0.2, 0) is 12.8 Å². The van der Waals surface area contributed by atoms with Crippen molar-refractivity contribution in [2.45, 2.75) is 19.8 Å². The number of fused-ring (bicyclic) bond motifs is 1. The number of aryl methyl sites for hydroxylation is 3. The van der Waals surface area contributed by atoms with Crippen molar-refractivity contribution in [1.29, 1.82) is 0 Å². The van der Waals surface area contributed by atoms with Crippen molar-refractivity contribution in [2.24, 2.45) is 0 Å². The van der Waals surface area contributed by atoms with E-state index in [9.17, 15) is 4.79 Å². The van der Waals surface area contributed by atoms with Gasteiger partial charge in [0, 0.05) is 18.0 Å². The van der Waals surface area contributed by atoms with Crippen LogP contribution in [-0.4, -0.2) is 15.0 Å². The van der Waals surface area contributed by atoms with E-state index in [-0.39, 0.29) is 0 Å². The molecule has 0 aliphatic rings. The number of rotatable bonds is 5. The van der Waals surface area contributed by atoms with Crippen LogP contribution in [0.3, 0.4) is 0 Å². The number of benzene rings is 2. The first-order valence-electron chi connectivity index (χ1n) is 8.54. The van der Waals surface area contributed by atoms with Crippen LogP contribution in [0.15, 0.2) is 62.3 Å². The molecule has 27 heavy (non-hydrogen) atoms. The van der Waals surface area contributed by atoms with E-state index < -0.39 is 5.76 Å². The second kappa shape index (κ2) is 7.36. The zero-order valence-electron chi connectivity index (χ0n) is 14.6. The molecule has 0 aliphatic heterocycles.